The number of hydrogen-bond acceptors (Lipinski definition) is 9. The van der Waals surface area contributed by atoms with E-state index in [-0.39, 0.29) is 12.4 Å². The maximum absolute atomic E-state index is 13.3. The van der Waals surface area contributed by atoms with Gasteiger partial charge in [-0.05, 0) is 86.7 Å². The normalized spacial score (nSPS) is 15.5. The molecule has 11 heteroatoms. The Morgan fingerprint density at radius 3 is 2.32 bits per heavy atom. The van der Waals surface area contributed by atoms with E-state index in [0.29, 0.717) is 32.9 Å². The summed E-state index contributed by atoms with van der Waals surface area (Å²) in [4.78, 5) is 22.2. The number of rotatable bonds is 8. The van der Waals surface area contributed by atoms with E-state index in [1.807, 2.05) is 82.3 Å². The van der Waals surface area contributed by atoms with Crippen LogP contribution in [0.15, 0.2) is 97.3 Å². The van der Waals surface area contributed by atoms with Crippen molar-refractivity contribution < 1.29 is 23.6 Å². The molecule has 1 N–H and O–H groups in total. The van der Waals surface area contributed by atoms with Crippen molar-refractivity contribution in [3.8, 4) is 11.8 Å². The summed E-state index contributed by atoms with van der Waals surface area (Å²) in [5, 5.41) is 13.8. The number of ether oxygens (including phenoxy) is 2. The predicted octanol–water partition coefficient (Wildman–Crippen LogP) is 7.37. The molecule has 0 spiro atoms. The van der Waals surface area contributed by atoms with E-state index in [2.05, 4.69) is 21.4 Å². The lowest BCUT2D eigenvalue weighted by atomic mass is 9.79. The fraction of sp³-hybridized carbons (Fsp3) is 0.222. The molecule has 0 aliphatic carbocycles. The van der Waals surface area contributed by atoms with Crippen LogP contribution >= 0.6 is 11.6 Å². The third-order valence-corrected chi connectivity index (χ3v) is 8.83. The molecule has 1 aliphatic rings. The van der Waals surface area contributed by atoms with Crippen LogP contribution in [-0.2, 0) is 20.7 Å². The minimum absolute atomic E-state index is 0.0258. The van der Waals surface area contributed by atoms with Gasteiger partial charge in [-0.3, -0.25) is 4.98 Å². The van der Waals surface area contributed by atoms with Gasteiger partial charge in [-0.15, -0.1) is 0 Å². The Labute approximate surface area is 278 Å². The highest BCUT2D eigenvalue weighted by Crippen LogP contribution is 2.41. The van der Waals surface area contributed by atoms with Crippen molar-refractivity contribution in [2.45, 2.75) is 51.5 Å². The fourth-order valence-corrected chi connectivity index (χ4v) is 5.48. The van der Waals surface area contributed by atoms with Gasteiger partial charge in [0.2, 0.25) is 0 Å². The number of nitrogens with one attached hydrogen (secondary N) is 1. The second kappa shape index (κ2) is 13.0. The van der Waals surface area contributed by atoms with Crippen molar-refractivity contribution in [3.05, 3.63) is 125 Å². The first-order chi connectivity index (χ1) is 22.5. The summed E-state index contributed by atoms with van der Waals surface area (Å²) in [7, 11) is -0.493. The van der Waals surface area contributed by atoms with E-state index in [9.17, 15) is 10.1 Å². The molecule has 0 bridgehead atoms. The summed E-state index contributed by atoms with van der Waals surface area (Å²) >= 11 is 6.77. The number of carbonyl (C=O) groups is 1. The highest BCUT2D eigenvalue weighted by molar-refractivity contribution is 6.62. The molecule has 1 atom stereocenters. The lowest BCUT2D eigenvalue weighted by Crippen LogP contribution is -2.41. The molecule has 0 saturated carbocycles. The number of hydrogen-bond donors (Lipinski definition) is 1. The first kappa shape index (κ1) is 32.0. The maximum atomic E-state index is 13.3. The topological polar surface area (TPSA) is 116 Å². The number of fused-ring (bicyclic) bond motifs is 1. The van der Waals surface area contributed by atoms with Crippen molar-refractivity contribution in [2.75, 3.05) is 5.32 Å². The van der Waals surface area contributed by atoms with Crippen LogP contribution in [-0.4, -0.2) is 34.4 Å². The van der Waals surface area contributed by atoms with E-state index in [0.717, 1.165) is 16.6 Å². The Bertz CT molecular complexity index is 1930. The number of pyridine rings is 2. The number of carbonyl (C=O) groups excluding carboxylic acids is 1. The third-order valence-electron chi connectivity index (χ3n) is 8.51. The molecule has 1 fully saturated rings. The van der Waals surface area contributed by atoms with Gasteiger partial charge >= 0.3 is 13.3 Å². The van der Waals surface area contributed by atoms with Gasteiger partial charge in [-0.25, -0.2) is 9.78 Å². The van der Waals surface area contributed by atoms with Crippen LogP contribution in [0.3, 0.4) is 0 Å². The van der Waals surface area contributed by atoms with Crippen molar-refractivity contribution in [1.29, 1.82) is 5.26 Å². The summed E-state index contributed by atoms with van der Waals surface area (Å²) in [6.07, 6.45) is 2.36. The van der Waals surface area contributed by atoms with Crippen LogP contribution in [0.25, 0.3) is 10.9 Å². The molecule has 3 aromatic carbocycles. The molecule has 6 rings (SSSR count). The second-order valence-corrected chi connectivity index (χ2v) is 12.6. The molecule has 236 valence electrons. The van der Waals surface area contributed by atoms with Crippen molar-refractivity contribution in [3.63, 3.8) is 0 Å². The zero-order valence-corrected chi connectivity index (χ0v) is 27.1. The standard InChI is InChI=1S/C36H32BClN4O5/c1-35(2)36(3,4)47-37(46-35)26-16-12-24(13-17-26)22-44-34(43)45-33-28(20-29(38)27-8-7-19-41-32(27)33)31(42-30-9-5-6-18-40-30)25-14-10-23(21-39)11-15-25/h5-20,31H,22H2,1-4H3,(H,40,42). The van der Waals surface area contributed by atoms with Crippen LogP contribution in [0.2, 0.25) is 5.02 Å². The lowest BCUT2D eigenvalue weighted by molar-refractivity contribution is 0.00578. The molecule has 0 radical (unpaired) electrons. The van der Waals surface area contributed by atoms with Gasteiger partial charge in [0.05, 0.1) is 33.9 Å². The van der Waals surface area contributed by atoms with Gasteiger partial charge < -0.3 is 24.1 Å². The zero-order valence-electron chi connectivity index (χ0n) is 26.4. The monoisotopic (exact) mass is 646 g/mol. The maximum Gasteiger partial charge on any atom is 0.514 e. The van der Waals surface area contributed by atoms with E-state index < -0.39 is 30.5 Å². The molecule has 0 amide bonds. The van der Waals surface area contributed by atoms with Crippen molar-refractivity contribution >= 4 is 47.1 Å². The lowest BCUT2D eigenvalue weighted by Gasteiger charge is -2.32. The Hall–Kier alpha value is -4.95. The molecule has 1 aliphatic heterocycles. The molecule has 1 unspecified atom stereocenters. The Morgan fingerprint density at radius 1 is 0.957 bits per heavy atom. The molecule has 47 heavy (non-hydrogen) atoms. The molecule has 3 heterocycles. The van der Waals surface area contributed by atoms with Crippen LogP contribution in [0.5, 0.6) is 5.75 Å². The van der Waals surface area contributed by atoms with E-state index in [1.54, 1.807) is 42.7 Å². The van der Waals surface area contributed by atoms with E-state index in [1.165, 1.54) is 0 Å². The molecule has 5 aromatic rings. The summed E-state index contributed by atoms with van der Waals surface area (Å²) < 4.78 is 23.8. The van der Waals surface area contributed by atoms with Crippen LogP contribution in [0.4, 0.5) is 10.6 Å². The second-order valence-electron chi connectivity index (χ2n) is 12.2. The Morgan fingerprint density at radius 2 is 1.66 bits per heavy atom. The smallest absolute Gasteiger partial charge is 0.429 e. The van der Waals surface area contributed by atoms with E-state index in [4.69, 9.17) is 30.4 Å². The average molecular weight is 647 g/mol. The number of nitriles is 1. The summed E-state index contributed by atoms with van der Waals surface area (Å²) in [5.74, 6) is 0.764. The van der Waals surface area contributed by atoms with Crippen molar-refractivity contribution in [2.24, 2.45) is 0 Å². The predicted molar refractivity (Wildman–Crippen MR) is 181 cm³/mol. The number of benzene rings is 3. The first-order valence-corrected chi connectivity index (χ1v) is 15.5. The third kappa shape index (κ3) is 6.79. The van der Waals surface area contributed by atoms with Crippen LogP contribution in [0.1, 0.15) is 56.0 Å². The van der Waals surface area contributed by atoms with Gasteiger partial charge in [0.15, 0.2) is 5.75 Å². The molecular formula is C36H32BClN4O5. The Balaban J connectivity index is 1.27. The van der Waals surface area contributed by atoms with Gasteiger partial charge in [-0.1, -0.05) is 54.1 Å². The number of nitrogens with zero attached hydrogens (tertiary/aromatic N) is 3. The van der Waals surface area contributed by atoms with Gasteiger partial charge in [0.1, 0.15) is 17.9 Å². The minimum Gasteiger partial charge on any atom is -0.429 e. The molecule has 2 aromatic heterocycles. The van der Waals surface area contributed by atoms with Gasteiger partial charge in [0.25, 0.3) is 0 Å². The minimum atomic E-state index is -0.910. The fourth-order valence-electron chi connectivity index (χ4n) is 5.21. The number of anilines is 1. The van der Waals surface area contributed by atoms with Gasteiger partial charge in [-0.2, -0.15) is 5.26 Å². The summed E-state index contributed by atoms with van der Waals surface area (Å²) in [6, 6.07) is 26.9. The quantitative estimate of drug-likeness (QED) is 0.105. The largest absolute Gasteiger partial charge is 0.514 e. The molecule has 1 saturated heterocycles. The van der Waals surface area contributed by atoms with Gasteiger partial charge in [0, 0.05) is 23.3 Å². The number of aromatic nitrogens is 2. The Kier molecular flexibility index (Phi) is 8.89. The highest BCUT2D eigenvalue weighted by Gasteiger charge is 2.51. The zero-order chi connectivity index (χ0) is 33.2. The van der Waals surface area contributed by atoms with Crippen LogP contribution in [0, 0.1) is 11.3 Å². The highest BCUT2D eigenvalue weighted by atomic mass is 35.5. The van der Waals surface area contributed by atoms with E-state index >= 15 is 0 Å². The van der Waals surface area contributed by atoms with Crippen LogP contribution < -0.4 is 15.5 Å². The SMILES string of the molecule is CC1(C)OB(c2ccc(COC(=O)Oc3c(C(Nc4ccccn4)c4ccc(C#N)cc4)cc(Cl)c4cccnc34)cc2)OC1(C)C. The molecule has 9 nitrogen and oxygen atoms in total. The number of halogens is 1. The summed E-state index contributed by atoms with van der Waals surface area (Å²) in [6.45, 7) is 8.00. The molecular weight excluding hydrogens is 615 g/mol. The summed E-state index contributed by atoms with van der Waals surface area (Å²) in [5.41, 5.74) is 2.93. The van der Waals surface area contributed by atoms with Crippen molar-refractivity contribution in [1.82, 2.24) is 9.97 Å². The average Bonchev–Trinajstić information content (AvgIpc) is 3.30. The first-order valence-electron chi connectivity index (χ1n) is 15.1.